The van der Waals surface area contributed by atoms with Gasteiger partial charge in [0.05, 0.1) is 6.61 Å². The predicted molar refractivity (Wildman–Crippen MR) is 96.3 cm³/mol. The minimum absolute atomic E-state index is 0.0455. The first-order chi connectivity index (χ1) is 11.3. The molecule has 0 heterocycles. The molecule has 0 amide bonds. The van der Waals surface area contributed by atoms with Crippen molar-refractivity contribution in [3.8, 4) is 0 Å². The lowest BCUT2D eigenvalue weighted by atomic mass is 9.73. The summed E-state index contributed by atoms with van der Waals surface area (Å²) in [6.45, 7) is 5.59. The number of carbonyl (C=O) groups excluding carboxylic acids is 2. The normalized spacial score (nSPS) is 18.2. The molecule has 0 fully saturated rings. The number of ketones is 1. The number of halogens is 2. The molecular weight excluding hydrogens is 426 g/mol. The Bertz CT molecular complexity index is 697. The standard InChI is InChI=1S/C18H20FIO4/c1-4-24-18(23)13-5-10(14(8-21)9(2)3)11-6-15(19)16(20)7-12(11)17(13)22/h5-7,9-10,14,21H,4,8H2,1-3H3/t10?,14-/m1/s1. The molecule has 0 radical (unpaired) electrons. The highest BCUT2D eigenvalue weighted by Gasteiger charge is 2.36. The molecule has 1 aromatic carbocycles. The van der Waals surface area contributed by atoms with Crippen LogP contribution < -0.4 is 0 Å². The number of benzene rings is 1. The molecule has 0 saturated carbocycles. The Balaban J connectivity index is 2.63. The number of allylic oxidation sites excluding steroid dienone is 1. The first-order valence-corrected chi connectivity index (χ1v) is 8.93. The lowest BCUT2D eigenvalue weighted by molar-refractivity contribution is -0.138. The van der Waals surface area contributed by atoms with Crippen LogP contribution in [0.3, 0.4) is 0 Å². The van der Waals surface area contributed by atoms with E-state index in [-0.39, 0.29) is 30.6 Å². The number of esters is 1. The number of aliphatic hydroxyl groups excluding tert-OH is 1. The van der Waals surface area contributed by atoms with Crippen LogP contribution in [-0.2, 0) is 9.53 Å². The zero-order valence-electron chi connectivity index (χ0n) is 13.8. The van der Waals surface area contributed by atoms with Crippen molar-refractivity contribution in [2.75, 3.05) is 13.2 Å². The van der Waals surface area contributed by atoms with Crippen molar-refractivity contribution in [2.45, 2.75) is 26.7 Å². The molecule has 4 nitrogen and oxygen atoms in total. The molecule has 1 aliphatic carbocycles. The highest BCUT2D eigenvalue weighted by molar-refractivity contribution is 14.1. The van der Waals surface area contributed by atoms with Gasteiger partial charge in [-0.05, 0) is 59.0 Å². The van der Waals surface area contributed by atoms with Gasteiger partial charge in [0, 0.05) is 21.7 Å². The van der Waals surface area contributed by atoms with Crippen LogP contribution in [0.1, 0.15) is 42.6 Å². The Morgan fingerprint density at radius 3 is 2.62 bits per heavy atom. The fourth-order valence-electron chi connectivity index (χ4n) is 2.99. The molecule has 0 spiro atoms. The van der Waals surface area contributed by atoms with Crippen molar-refractivity contribution in [1.29, 1.82) is 0 Å². The SMILES string of the molecule is CCOC(=O)C1=CC([C@H](CO)C(C)C)c2cc(F)c(I)cc2C1=O. The zero-order valence-corrected chi connectivity index (χ0v) is 16.0. The third-order valence-corrected chi connectivity index (χ3v) is 5.14. The molecular formula is C18H20FIO4. The van der Waals surface area contributed by atoms with Crippen molar-refractivity contribution in [2.24, 2.45) is 11.8 Å². The molecule has 24 heavy (non-hydrogen) atoms. The van der Waals surface area contributed by atoms with E-state index in [0.29, 0.717) is 14.7 Å². The maximum atomic E-state index is 14.1. The Morgan fingerprint density at radius 1 is 1.42 bits per heavy atom. The maximum absolute atomic E-state index is 14.1. The molecule has 2 rings (SSSR count). The monoisotopic (exact) mass is 446 g/mol. The molecule has 1 aliphatic rings. The van der Waals surface area contributed by atoms with Gasteiger partial charge in [-0.1, -0.05) is 19.9 Å². The lowest BCUT2D eigenvalue weighted by Gasteiger charge is -2.31. The minimum atomic E-state index is -0.682. The van der Waals surface area contributed by atoms with Crippen molar-refractivity contribution >= 4 is 34.3 Å². The number of rotatable bonds is 5. The molecule has 6 heteroatoms. The van der Waals surface area contributed by atoms with Crippen LogP contribution in [0.25, 0.3) is 0 Å². The molecule has 2 atom stereocenters. The maximum Gasteiger partial charge on any atom is 0.341 e. The van der Waals surface area contributed by atoms with Crippen LogP contribution in [0.2, 0.25) is 0 Å². The predicted octanol–water partition coefficient (Wildman–Crippen LogP) is 3.46. The summed E-state index contributed by atoms with van der Waals surface area (Å²) in [4.78, 5) is 24.8. The van der Waals surface area contributed by atoms with E-state index in [4.69, 9.17) is 4.74 Å². The fourth-order valence-corrected chi connectivity index (χ4v) is 3.45. The fraction of sp³-hybridized carbons (Fsp3) is 0.444. The average molecular weight is 446 g/mol. The summed E-state index contributed by atoms with van der Waals surface area (Å²) < 4.78 is 19.3. The highest BCUT2D eigenvalue weighted by atomic mass is 127. The van der Waals surface area contributed by atoms with Gasteiger partial charge in [0.1, 0.15) is 11.4 Å². The number of fused-ring (bicyclic) bond motifs is 1. The van der Waals surface area contributed by atoms with Crippen LogP contribution in [-0.4, -0.2) is 30.1 Å². The van der Waals surface area contributed by atoms with Crippen molar-refractivity contribution in [3.63, 3.8) is 0 Å². The quantitative estimate of drug-likeness (QED) is 0.428. The van der Waals surface area contributed by atoms with E-state index in [9.17, 15) is 19.1 Å². The Kier molecular flexibility index (Phi) is 6.14. The summed E-state index contributed by atoms with van der Waals surface area (Å²) in [6.07, 6.45) is 1.52. The first-order valence-electron chi connectivity index (χ1n) is 7.85. The van der Waals surface area contributed by atoms with E-state index in [1.165, 1.54) is 18.2 Å². The third kappa shape index (κ3) is 3.54. The van der Waals surface area contributed by atoms with Gasteiger partial charge in [-0.25, -0.2) is 9.18 Å². The number of aliphatic hydroxyl groups is 1. The molecule has 0 aromatic heterocycles. The zero-order chi connectivity index (χ0) is 18.0. The van der Waals surface area contributed by atoms with Gasteiger partial charge in [-0.2, -0.15) is 0 Å². The molecule has 130 valence electrons. The van der Waals surface area contributed by atoms with E-state index in [0.717, 1.165) is 0 Å². The minimum Gasteiger partial charge on any atom is -0.462 e. The molecule has 1 aromatic rings. The molecule has 1 unspecified atom stereocenters. The second kappa shape index (κ2) is 7.74. The summed E-state index contributed by atoms with van der Waals surface area (Å²) in [5.74, 6) is -2.13. The van der Waals surface area contributed by atoms with E-state index in [1.807, 2.05) is 36.4 Å². The molecule has 0 saturated heterocycles. The Morgan fingerprint density at radius 2 is 2.08 bits per heavy atom. The number of hydrogen-bond acceptors (Lipinski definition) is 4. The van der Waals surface area contributed by atoms with E-state index >= 15 is 0 Å². The summed E-state index contributed by atoms with van der Waals surface area (Å²) in [6, 6.07) is 2.80. The molecule has 1 N–H and O–H groups in total. The smallest absolute Gasteiger partial charge is 0.341 e. The van der Waals surface area contributed by atoms with Crippen LogP contribution in [0, 0.1) is 21.2 Å². The van der Waals surface area contributed by atoms with E-state index in [2.05, 4.69) is 0 Å². The van der Waals surface area contributed by atoms with Crippen molar-refractivity contribution in [1.82, 2.24) is 0 Å². The Hall–Kier alpha value is -1.28. The second-order valence-electron chi connectivity index (χ2n) is 6.10. The van der Waals surface area contributed by atoms with Crippen molar-refractivity contribution in [3.05, 3.63) is 44.3 Å². The topological polar surface area (TPSA) is 63.6 Å². The number of carbonyl (C=O) groups is 2. The summed E-state index contributed by atoms with van der Waals surface area (Å²) in [5, 5.41) is 9.77. The number of ether oxygens (including phenoxy) is 1. The largest absolute Gasteiger partial charge is 0.462 e. The molecule has 0 bridgehead atoms. The summed E-state index contributed by atoms with van der Waals surface area (Å²) >= 11 is 1.82. The van der Waals surface area contributed by atoms with Gasteiger partial charge in [0.15, 0.2) is 5.78 Å². The molecule has 0 aliphatic heterocycles. The summed E-state index contributed by atoms with van der Waals surface area (Å²) in [7, 11) is 0. The van der Waals surface area contributed by atoms with Gasteiger partial charge >= 0.3 is 5.97 Å². The van der Waals surface area contributed by atoms with Gasteiger partial charge < -0.3 is 9.84 Å². The van der Waals surface area contributed by atoms with Gasteiger partial charge in [0.25, 0.3) is 0 Å². The van der Waals surface area contributed by atoms with Crippen molar-refractivity contribution < 1.29 is 23.8 Å². The average Bonchev–Trinajstić information content (AvgIpc) is 2.52. The van der Waals surface area contributed by atoms with Crippen LogP contribution in [0.4, 0.5) is 4.39 Å². The van der Waals surface area contributed by atoms with E-state index < -0.39 is 23.5 Å². The lowest BCUT2D eigenvalue weighted by Crippen LogP contribution is -2.29. The van der Waals surface area contributed by atoms with Gasteiger partial charge in [0.2, 0.25) is 0 Å². The number of hydrogen-bond donors (Lipinski definition) is 1. The van der Waals surface area contributed by atoms with Crippen LogP contribution in [0.15, 0.2) is 23.8 Å². The summed E-state index contributed by atoms with van der Waals surface area (Å²) in [5.41, 5.74) is 0.769. The Labute approximate surface area is 154 Å². The van der Waals surface area contributed by atoms with Crippen LogP contribution in [0.5, 0.6) is 0 Å². The number of Topliss-reactive ketones (excluding diaryl/α,β-unsaturated/α-hetero) is 1. The second-order valence-corrected chi connectivity index (χ2v) is 7.26. The van der Waals surface area contributed by atoms with Gasteiger partial charge in [-0.15, -0.1) is 0 Å². The van der Waals surface area contributed by atoms with E-state index in [1.54, 1.807) is 6.92 Å². The third-order valence-electron chi connectivity index (χ3n) is 4.31. The van der Waals surface area contributed by atoms with Gasteiger partial charge in [-0.3, -0.25) is 4.79 Å². The first kappa shape index (κ1) is 19.1. The highest BCUT2D eigenvalue weighted by Crippen LogP contribution is 2.39. The van der Waals surface area contributed by atoms with Crippen LogP contribution >= 0.6 is 22.6 Å².